The van der Waals surface area contributed by atoms with E-state index in [2.05, 4.69) is 10.6 Å². The third-order valence-corrected chi connectivity index (χ3v) is 3.69. The Bertz CT molecular complexity index is 699. The fraction of sp³-hybridized carbons (Fsp3) is 0.250. The van der Waals surface area contributed by atoms with Crippen LogP contribution < -0.4 is 10.6 Å². The van der Waals surface area contributed by atoms with Crippen molar-refractivity contribution in [3.8, 4) is 0 Å². The number of anilines is 1. The van der Waals surface area contributed by atoms with E-state index in [-0.39, 0.29) is 6.54 Å². The van der Waals surface area contributed by atoms with Crippen LogP contribution in [0.2, 0.25) is 5.02 Å². The third-order valence-electron chi connectivity index (χ3n) is 3.36. The van der Waals surface area contributed by atoms with E-state index in [9.17, 15) is 14.7 Å². The van der Waals surface area contributed by atoms with Crippen LogP contribution in [0.3, 0.4) is 0 Å². The van der Waals surface area contributed by atoms with Crippen molar-refractivity contribution in [2.75, 3.05) is 11.9 Å². The zero-order valence-corrected chi connectivity index (χ0v) is 13.4. The van der Waals surface area contributed by atoms with Gasteiger partial charge in [0.1, 0.15) is 0 Å². The summed E-state index contributed by atoms with van der Waals surface area (Å²) in [5.41, 5.74) is 1.12. The van der Waals surface area contributed by atoms with Gasteiger partial charge in [-0.1, -0.05) is 23.7 Å². The van der Waals surface area contributed by atoms with E-state index in [0.29, 0.717) is 17.1 Å². The Morgan fingerprint density at radius 1 is 1.22 bits per heavy atom. The molecule has 1 aromatic carbocycles. The molecule has 1 atom stereocenters. The van der Waals surface area contributed by atoms with E-state index in [4.69, 9.17) is 11.6 Å². The highest BCUT2D eigenvalue weighted by atomic mass is 35.5. The first-order valence-electron chi connectivity index (χ1n) is 7.12. The molecule has 0 saturated carbocycles. The van der Waals surface area contributed by atoms with Crippen molar-refractivity contribution in [3.63, 3.8) is 0 Å². The number of rotatable bonds is 5. The van der Waals surface area contributed by atoms with Crippen molar-refractivity contribution >= 4 is 29.1 Å². The number of carbonyl (C=O) groups is 2. The lowest BCUT2D eigenvalue weighted by Gasteiger charge is -2.12. The molecule has 0 radical (unpaired) electrons. The van der Waals surface area contributed by atoms with Crippen LogP contribution in [-0.2, 0) is 16.6 Å². The van der Waals surface area contributed by atoms with Crippen LogP contribution in [0.5, 0.6) is 0 Å². The van der Waals surface area contributed by atoms with Gasteiger partial charge in [0.15, 0.2) is 0 Å². The molecule has 2 aromatic rings. The Hall–Kier alpha value is -2.31. The highest BCUT2D eigenvalue weighted by Crippen LogP contribution is 2.20. The predicted octanol–water partition coefficient (Wildman–Crippen LogP) is 1.86. The summed E-state index contributed by atoms with van der Waals surface area (Å²) in [6.07, 6.45) is 1.43. The predicted molar refractivity (Wildman–Crippen MR) is 88.1 cm³/mol. The Morgan fingerprint density at radius 2 is 1.96 bits per heavy atom. The number of aliphatic hydroxyl groups is 1. The summed E-state index contributed by atoms with van der Waals surface area (Å²) in [7, 11) is 1.83. The average Bonchev–Trinajstić information content (AvgIpc) is 2.95. The molecule has 1 heterocycles. The maximum absolute atomic E-state index is 11.8. The Morgan fingerprint density at radius 3 is 2.61 bits per heavy atom. The molecule has 6 nitrogen and oxygen atoms in total. The topological polar surface area (TPSA) is 83.4 Å². The number of hydrogen-bond acceptors (Lipinski definition) is 3. The molecule has 0 aliphatic rings. The van der Waals surface area contributed by atoms with Crippen LogP contribution >= 0.6 is 11.6 Å². The van der Waals surface area contributed by atoms with Crippen LogP contribution in [-0.4, -0.2) is 28.0 Å². The molecule has 23 heavy (non-hydrogen) atoms. The molecule has 0 aliphatic carbocycles. The summed E-state index contributed by atoms with van der Waals surface area (Å²) in [6.45, 7) is 0.182. The molecule has 0 fully saturated rings. The second-order valence-electron chi connectivity index (χ2n) is 5.04. The lowest BCUT2D eigenvalue weighted by Crippen LogP contribution is -2.36. The summed E-state index contributed by atoms with van der Waals surface area (Å²) in [5, 5.41) is 15.3. The first-order valence-corrected chi connectivity index (χ1v) is 7.50. The van der Waals surface area contributed by atoms with Gasteiger partial charge in [0.25, 0.3) is 0 Å². The molecule has 0 spiro atoms. The quantitative estimate of drug-likeness (QED) is 0.729. The van der Waals surface area contributed by atoms with E-state index in [1.807, 2.05) is 19.3 Å². The van der Waals surface area contributed by atoms with Crippen LogP contribution in [0, 0.1) is 0 Å². The monoisotopic (exact) mass is 335 g/mol. The third kappa shape index (κ3) is 4.58. The van der Waals surface area contributed by atoms with Gasteiger partial charge in [-0.25, -0.2) is 0 Å². The summed E-state index contributed by atoms with van der Waals surface area (Å²) < 4.78 is 1.80. The van der Waals surface area contributed by atoms with E-state index in [1.54, 1.807) is 34.9 Å². The summed E-state index contributed by atoms with van der Waals surface area (Å²) >= 11 is 5.91. The number of aromatic nitrogens is 1. The fourth-order valence-corrected chi connectivity index (χ4v) is 2.30. The van der Waals surface area contributed by atoms with Gasteiger partial charge >= 0.3 is 11.8 Å². The minimum Gasteiger partial charge on any atom is -0.387 e. The highest BCUT2D eigenvalue weighted by molar-refractivity contribution is 6.41. The first-order chi connectivity index (χ1) is 11.0. The molecular formula is C16H18ClN3O3. The minimum absolute atomic E-state index is 0.182. The molecule has 0 bridgehead atoms. The van der Waals surface area contributed by atoms with E-state index in [0.717, 1.165) is 5.69 Å². The molecule has 0 saturated heterocycles. The van der Waals surface area contributed by atoms with E-state index in [1.165, 1.54) is 0 Å². The summed E-state index contributed by atoms with van der Waals surface area (Å²) in [5.74, 6) is -1.57. The van der Waals surface area contributed by atoms with Crippen LogP contribution in [0.1, 0.15) is 18.2 Å². The van der Waals surface area contributed by atoms with E-state index < -0.39 is 17.9 Å². The molecule has 2 rings (SSSR count). The SMILES string of the molecule is Cn1cccc1C(O)CCNC(=O)C(=O)Nc1ccccc1Cl. The zero-order chi connectivity index (χ0) is 16.8. The molecule has 2 amide bonds. The molecule has 0 aliphatic heterocycles. The van der Waals surface area contributed by atoms with Gasteiger partial charge in [0.2, 0.25) is 0 Å². The maximum atomic E-state index is 11.8. The number of benzene rings is 1. The van der Waals surface area contributed by atoms with Gasteiger partial charge in [-0.3, -0.25) is 9.59 Å². The largest absolute Gasteiger partial charge is 0.387 e. The lowest BCUT2D eigenvalue weighted by atomic mass is 10.2. The smallest absolute Gasteiger partial charge is 0.313 e. The average molecular weight is 336 g/mol. The van der Waals surface area contributed by atoms with Crippen molar-refractivity contribution in [2.24, 2.45) is 7.05 Å². The van der Waals surface area contributed by atoms with Crippen LogP contribution in [0.4, 0.5) is 5.69 Å². The molecule has 122 valence electrons. The molecule has 1 aromatic heterocycles. The van der Waals surface area contributed by atoms with Crippen LogP contribution in [0.25, 0.3) is 0 Å². The minimum atomic E-state index is -0.800. The van der Waals surface area contributed by atoms with Gasteiger partial charge in [-0.15, -0.1) is 0 Å². The number of nitrogens with zero attached hydrogens (tertiary/aromatic N) is 1. The zero-order valence-electron chi connectivity index (χ0n) is 12.6. The number of para-hydroxylation sites is 1. The maximum Gasteiger partial charge on any atom is 0.313 e. The van der Waals surface area contributed by atoms with Crippen molar-refractivity contribution in [3.05, 3.63) is 53.3 Å². The van der Waals surface area contributed by atoms with Gasteiger partial charge in [-0.2, -0.15) is 0 Å². The summed E-state index contributed by atoms with van der Waals surface area (Å²) in [4.78, 5) is 23.5. The number of halogens is 1. The second kappa shape index (κ2) is 7.80. The number of nitrogens with one attached hydrogen (secondary N) is 2. The first kappa shape index (κ1) is 17.1. The van der Waals surface area contributed by atoms with Crippen molar-refractivity contribution in [1.82, 2.24) is 9.88 Å². The Kier molecular flexibility index (Phi) is 5.78. The van der Waals surface area contributed by atoms with Crippen molar-refractivity contribution in [1.29, 1.82) is 0 Å². The molecule has 3 N–H and O–H groups in total. The Balaban J connectivity index is 1.79. The number of amides is 2. The van der Waals surface area contributed by atoms with Crippen molar-refractivity contribution < 1.29 is 14.7 Å². The van der Waals surface area contributed by atoms with Gasteiger partial charge in [0, 0.05) is 25.5 Å². The standard InChI is InChI=1S/C16H18ClN3O3/c1-20-10-4-7-13(20)14(21)8-9-18-15(22)16(23)19-12-6-3-2-5-11(12)17/h2-7,10,14,21H,8-9H2,1H3,(H,18,22)(H,19,23). The number of aliphatic hydroxyl groups excluding tert-OH is 1. The Labute approximate surface area is 139 Å². The molecule has 7 heteroatoms. The second-order valence-corrected chi connectivity index (χ2v) is 5.45. The van der Waals surface area contributed by atoms with Crippen LogP contribution in [0.15, 0.2) is 42.6 Å². The number of hydrogen-bond donors (Lipinski definition) is 3. The van der Waals surface area contributed by atoms with Gasteiger partial charge in [0.05, 0.1) is 16.8 Å². The summed E-state index contributed by atoms with van der Waals surface area (Å²) in [6, 6.07) is 10.3. The molecular weight excluding hydrogens is 318 g/mol. The molecule has 1 unspecified atom stereocenters. The number of carbonyl (C=O) groups excluding carboxylic acids is 2. The fourth-order valence-electron chi connectivity index (χ4n) is 2.11. The highest BCUT2D eigenvalue weighted by Gasteiger charge is 2.16. The van der Waals surface area contributed by atoms with Gasteiger partial charge in [-0.05, 0) is 30.7 Å². The normalized spacial score (nSPS) is 11.8. The lowest BCUT2D eigenvalue weighted by molar-refractivity contribution is -0.136. The van der Waals surface area contributed by atoms with Gasteiger partial charge < -0.3 is 20.3 Å². The number of aryl methyl sites for hydroxylation is 1. The van der Waals surface area contributed by atoms with Crippen molar-refractivity contribution in [2.45, 2.75) is 12.5 Å². The van der Waals surface area contributed by atoms with E-state index >= 15 is 0 Å².